The van der Waals surface area contributed by atoms with Crippen molar-refractivity contribution in [2.45, 2.75) is 12.8 Å². The summed E-state index contributed by atoms with van der Waals surface area (Å²) in [4.78, 5) is 26.4. The second-order valence-corrected chi connectivity index (χ2v) is 5.81. The Balaban J connectivity index is 1.74. The van der Waals surface area contributed by atoms with Gasteiger partial charge in [-0.25, -0.2) is 4.79 Å². The quantitative estimate of drug-likeness (QED) is 0.331. The number of benzene rings is 2. The van der Waals surface area contributed by atoms with E-state index in [-0.39, 0.29) is 34.3 Å². The van der Waals surface area contributed by atoms with Crippen molar-refractivity contribution in [3.05, 3.63) is 69.6 Å². The first kappa shape index (κ1) is 20.8. The third-order valence-corrected chi connectivity index (χ3v) is 3.86. The lowest BCUT2D eigenvalue weighted by Crippen LogP contribution is -2.08. The van der Waals surface area contributed by atoms with Gasteiger partial charge in [0.1, 0.15) is 11.3 Å². The Morgan fingerprint density at radius 3 is 2.67 bits per heavy atom. The topological polar surface area (TPSA) is 118 Å². The molecule has 0 bridgehead atoms. The van der Waals surface area contributed by atoms with Crippen LogP contribution in [-0.4, -0.2) is 28.1 Å². The molecule has 156 valence electrons. The van der Waals surface area contributed by atoms with Gasteiger partial charge in [0.2, 0.25) is 5.82 Å². The van der Waals surface area contributed by atoms with Crippen molar-refractivity contribution >= 4 is 11.7 Å². The van der Waals surface area contributed by atoms with Gasteiger partial charge in [0.25, 0.3) is 11.6 Å². The number of halogens is 3. The summed E-state index contributed by atoms with van der Waals surface area (Å²) in [5, 5.41) is 14.5. The summed E-state index contributed by atoms with van der Waals surface area (Å²) in [6.07, 6.45) is -4.53. The standard InChI is InChI=1S/C18H12F3N3O6/c1-28-14-6-5-12(24(26)27)8-13(14)17(25)29-9-15-22-16(23-30-15)10-3-2-4-11(7-10)18(19,20)21/h2-8H,9H2,1H3. The number of hydrogen-bond acceptors (Lipinski definition) is 8. The van der Waals surface area contributed by atoms with Crippen LogP contribution in [-0.2, 0) is 17.5 Å². The van der Waals surface area contributed by atoms with Gasteiger partial charge in [0.05, 0.1) is 17.6 Å². The van der Waals surface area contributed by atoms with E-state index in [4.69, 9.17) is 14.0 Å². The molecule has 3 aromatic rings. The molecule has 1 heterocycles. The third-order valence-electron chi connectivity index (χ3n) is 3.86. The normalized spacial score (nSPS) is 11.2. The Hall–Kier alpha value is -3.96. The van der Waals surface area contributed by atoms with E-state index in [0.717, 1.165) is 24.3 Å². The van der Waals surface area contributed by atoms with Gasteiger partial charge in [0, 0.05) is 17.7 Å². The first-order valence-corrected chi connectivity index (χ1v) is 8.19. The number of nitro groups is 1. The number of carbonyl (C=O) groups excluding carboxylic acids is 1. The average molecular weight is 423 g/mol. The maximum Gasteiger partial charge on any atom is 0.416 e. The van der Waals surface area contributed by atoms with Crippen LogP contribution in [0, 0.1) is 10.1 Å². The van der Waals surface area contributed by atoms with Crippen LogP contribution in [0.4, 0.5) is 18.9 Å². The van der Waals surface area contributed by atoms with Crippen LogP contribution >= 0.6 is 0 Å². The van der Waals surface area contributed by atoms with Gasteiger partial charge in [-0.2, -0.15) is 18.2 Å². The van der Waals surface area contributed by atoms with Crippen LogP contribution in [0.25, 0.3) is 11.4 Å². The number of non-ortho nitro benzene ring substituents is 1. The van der Waals surface area contributed by atoms with Crippen LogP contribution in [0.2, 0.25) is 0 Å². The molecule has 12 heteroatoms. The lowest BCUT2D eigenvalue weighted by Gasteiger charge is -2.07. The highest BCUT2D eigenvalue weighted by Crippen LogP contribution is 2.31. The van der Waals surface area contributed by atoms with E-state index >= 15 is 0 Å². The van der Waals surface area contributed by atoms with Crippen LogP contribution in [0.3, 0.4) is 0 Å². The molecular formula is C18H12F3N3O6. The fourth-order valence-electron chi connectivity index (χ4n) is 2.44. The number of methoxy groups -OCH3 is 1. The second-order valence-electron chi connectivity index (χ2n) is 5.81. The van der Waals surface area contributed by atoms with Crippen molar-refractivity contribution in [2.24, 2.45) is 0 Å². The van der Waals surface area contributed by atoms with Gasteiger partial charge in [0.15, 0.2) is 6.61 Å². The van der Waals surface area contributed by atoms with E-state index in [2.05, 4.69) is 10.1 Å². The Labute approximate surface area is 166 Å². The van der Waals surface area contributed by atoms with Crippen LogP contribution in [0.15, 0.2) is 47.0 Å². The molecule has 0 aliphatic carbocycles. The Bertz CT molecular complexity index is 1100. The van der Waals surface area contributed by atoms with E-state index in [1.165, 1.54) is 25.3 Å². The number of rotatable bonds is 6. The monoisotopic (exact) mass is 423 g/mol. The molecule has 0 aliphatic rings. The predicted molar refractivity (Wildman–Crippen MR) is 93.5 cm³/mol. The van der Waals surface area contributed by atoms with Crippen molar-refractivity contribution in [3.63, 3.8) is 0 Å². The summed E-state index contributed by atoms with van der Waals surface area (Å²) in [5.41, 5.74) is -1.35. The molecule has 0 saturated carbocycles. The van der Waals surface area contributed by atoms with Gasteiger partial charge >= 0.3 is 12.1 Å². The number of esters is 1. The van der Waals surface area contributed by atoms with Gasteiger partial charge in [-0.3, -0.25) is 10.1 Å². The zero-order chi connectivity index (χ0) is 21.9. The Morgan fingerprint density at radius 2 is 2.00 bits per heavy atom. The van der Waals surface area contributed by atoms with E-state index in [1.54, 1.807) is 0 Å². The highest BCUT2D eigenvalue weighted by Gasteiger charge is 2.30. The summed E-state index contributed by atoms with van der Waals surface area (Å²) in [6.45, 7) is -0.503. The van der Waals surface area contributed by atoms with Crippen molar-refractivity contribution in [1.29, 1.82) is 0 Å². The lowest BCUT2D eigenvalue weighted by molar-refractivity contribution is -0.384. The molecule has 0 fully saturated rings. The largest absolute Gasteiger partial charge is 0.496 e. The summed E-state index contributed by atoms with van der Waals surface area (Å²) in [5.74, 6) is -1.20. The maximum atomic E-state index is 12.8. The van der Waals surface area contributed by atoms with E-state index in [0.29, 0.717) is 0 Å². The Kier molecular flexibility index (Phi) is 5.67. The number of hydrogen-bond donors (Lipinski definition) is 0. The molecule has 0 amide bonds. The number of ether oxygens (including phenoxy) is 2. The first-order valence-electron chi connectivity index (χ1n) is 8.19. The van der Waals surface area contributed by atoms with E-state index < -0.39 is 29.2 Å². The second kappa shape index (κ2) is 8.19. The zero-order valence-corrected chi connectivity index (χ0v) is 15.2. The van der Waals surface area contributed by atoms with Gasteiger partial charge in [-0.15, -0.1) is 0 Å². The molecule has 1 aromatic heterocycles. The minimum atomic E-state index is -4.53. The van der Waals surface area contributed by atoms with Crippen molar-refractivity contribution in [3.8, 4) is 17.1 Å². The minimum absolute atomic E-state index is 0.0563. The lowest BCUT2D eigenvalue weighted by atomic mass is 10.1. The predicted octanol–water partition coefficient (Wildman–Crippen LogP) is 4.03. The molecule has 0 unspecified atom stereocenters. The van der Waals surface area contributed by atoms with Crippen molar-refractivity contribution in [2.75, 3.05) is 7.11 Å². The highest BCUT2D eigenvalue weighted by atomic mass is 19.4. The number of nitro benzene ring substituents is 1. The fourth-order valence-corrected chi connectivity index (χ4v) is 2.44. The van der Waals surface area contributed by atoms with Crippen molar-refractivity contribution < 1.29 is 36.9 Å². The SMILES string of the molecule is COc1ccc([N+](=O)[O-])cc1C(=O)OCc1nc(-c2cccc(C(F)(F)F)c2)no1. The summed E-state index contributed by atoms with van der Waals surface area (Å²) in [7, 11) is 1.28. The first-order chi connectivity index (χ1) is 14.2. The molecule has 0 saturated heterocycles. The number of aromatic nitrogens is 2. The third kappa shape index (κ3) is 4.54. The molecule has 0 aliphatic heterocycles. The van der Waals surface area contributed by atoms with Crippen LogP contribution < -0.4 is 4.74 Å². The molecule has 2 aromatic carbocycles. The summed E-state index contributed by atoms with van der Waals surface area (Å²) < 4.78 is 53.4. The average Bonchev–Trinajstić information content (AvgIpc) is 3.20. The smallest absolute Gasteiger partial charge is 0.416 e. The zero-order valence-electron chi connectivity index (χ0n) is 15.2. The number of alkyl halides is 3. The summed E-state index contributed by atoms with van der Waals surface area (Å²) in [6, 6.07) is 7.71. The van der Waals surface area contributed by atoms with Gasteiger partial charge in [-0.05, 0) is 18.2 Å². The van der Waals surface area contributed by atoms with Crippen molar-refractivity contribution in [1.82, 2.24) is 10.1 Å². The molecular weight excluding hydrogens is 411 g/mol. The minimum Gasteiger partial charge on any atom is -0.496 e. The maximum absolute atomic E-state index is 12.8. The molecule has 0 atom stereocenters. The molecule has 0 radical (unpaired) electrons. The molecule has 30 heavy (non-hydrogen) atoms. The molecule has 9 nitrogen and oxygen atoms in total. The van der Waals surface area contributed by atoms with Gasteiger partial charge < -0.3 is 14.0 Å². The fraction of sp³-hybridized carbons (Fsp3) is 0.167. The summed E-state index contributed by atoms with van der Waals surface area (Å²) >= 11 is 0. The Morgan fingerprint density at radius 1 is 1.23 bits per heavy atom. The van der Waals surface area contributed by atoms with E-state index in [1.807, 2.05) is 0 Å². The molecule has 0 N–H and O–H groups in total. The molecule has 3 rings (SSSR count). The number of nitrogens with zero attached hydrogens (tertiary/aromatic N) is 3. The number of carbonyl (C=O) groups is 1. The highest BCUT2D eigenvalue weighted by molar-refractivity contribution is 5.93. The molecule has 0 spiro atoms. The van der Waals surface area contributed by atoms with Crippen LogP contribution in [0.1, 0.15) is 21.8 Å². The van der Waals surface area contributed by atoms with Crippen LogP contribution in [0.5, 0.6) is 5.75 Å². The van der Waals surface area contributed by atoms with Gasteiger partial charge in [-0.1, -0.05) is 17.3 Å². The van der Waals surface area contributed by atoms with E-state index in [9.17, 15) is 28.1 Å².